The number of aromatic nitrogens is 2. The molecule has 1 atom stereocenters. The molecule has 1 aromatic heterocycles. The fourth-order valence-electron chi connectivity index (χ4n) is 3.08. The summed E-state index contributed by atoms with van der Waals surface area (Å²) in [6.07, 6.45) is 3.88. The summed E-state index contributed by atoms with van der Waals surface area (Å²) in [5.41, 5.74) is 2.82. The van der Waals surface area contributed by atoms with Crippen LogP contribution in [0.15, 0.2) is 30.5 Å². The van der Waals surface area contributed by atoms with E-state index in [2.05, 4.69) is 10.2 Å². The Hall–Kier alpha value is -2.30. The molecule has 1 saturated heterocycles. The maximum Gasteiger partial charge on any atom is 0.254 e. The Labute approximate surface area is 130 Å². The summed E-state index contributed by atoms with van der Waals surface area (Å²) in [6, 6.07) is 7.60. The monoisotopic (exact) mass is 299 g/mol. The van der Waals surface area contributed by atoms with Crippen LogP contribution in [0.1, 0.15) is 40.4 Å². The fraction of sp³-hybridized carbons (Fsp3) is 0.412. The molecule has 1 amide bonds. The lowest BCUT2D eigenvalue weighted by molar-refractivity contribution is 0.0705. The van der Waals surface area contributed by atoms with Crippen LogP contribution in [0.5, 0.6) is 5.75 Å². The number of carbonyl (C=O) groups excluding carboxylic acids is 1. The van der Waals surface area contributed by atoms with E-state index in [1.165, 1.54) is 0 Å². The average Bonchev–Trinajstić information content (AvgIpc) is 3.09. The Morgan fingerprint density at radius 2 is 2.27 bits per heavy atom. The summed E-state index contributed by atoms with van der Waals surface area (Å²) in [5.74, 6) is 1.23. The van der Waals surface area contributed by atoms with Crippen LogP contribution in [0.25, 0.3) is 0 Å². The van der Waals surface area contributed by atoms with Crippen LogP contribution < -0.4 is 4.74 Å². The Bertz CT molecular complexity index is 652. The number of ether oxygens (including phenoxy) is 1. The number of hydrogen-bond donors (Lipinski definition) is 1. The molecule has 3 rings (SSSR count). The van der Waals surface area contributed by atoms with Crippen molar-refractivity contribution in [3.8, 4) is 5.75 Å². The van der Waals surface area contributed by atoms with E-state index >= 15 is 0 Å². The van der Waals surface area contributed by atoms with E-state index in [0.717, 1.165) is 48.5 Å². The van der Waals surface area contributed by atoms with Crippen LogP contribution in [-0.2, 0) is 0 Å². The number of rotatable bonds is 3. The van der Waals surface area contributed by atoms with Gasteiger partial charge in [0.15, 0.2) is 0 Å². The Morgan fingerprint density at radius 1 is 1.41 bits per heavy atom. The second-order valence-corrected chi connectivity index (χ2v) is 5.78. The topological polar surface area (TPSA) is 58.2 Å². The largest absolute Gasteiger partial charge is 0.497 e. The molecule has 0 aliphatic carbocycles. The first-order valence-corrected chi connectivity index (χ1v) is 7.62. The number of nitrogens with zero attached hydrogens (tertiary/aromatic N) is 2. The van der Waals surface area contributed by atoms with Crippen LogP contribution in [0.3, 0.4) is 0 Å². The highest BCUT2D eigenvalue weighted by atomic mass is 16.5. The molecule has 0 radical (unpaired) electrons. The molecular weight excluding hydrogens is 278 g/mol. The Kier molecular flexibility index (Phi) is 4.13. The number of nitrogens with one attached hydrogen (secondary N) is 1. The highest BCUT2D eigenvalue weighted by molar-refractivity contribution is 5.96. The number of piperidine rings is 1. The minimum atomic E-state index is 0.101. The zero-order chi connectivity index (χ0) is 15.5. The van der Waals surface area contributed by atoms with Crippen molar-refractivity contribution in [1.82, 2.24) is 15.1 Å². The number of amides is 1. The van der Waals surface area contributed by atoms with Crippen molar-refractivity contribution in [1.29, 1.82) is 0 Å². The van der Waals surface area contributed by atoms with Gasteiger partial charge in [0, 0.05) is 36.5 Å². The van der Waals surface area contributed by atoms with Gasteiger partial charge in [-0.25, -0.2) is 0 Å². The van der Waals surface area contributed by atoms with E-state index < -0.39 is 0 Å². The maximum absolute atomic E-state index is 12.8. The number of aromatic amines is 1. The number of carbonyl (C=O) groups is 1. The molecule has 116 valence electrons. The Balaban J connectivity index is 1.77. The normalized spacial score (nSPS) is 18.3. The summed E-state index contributed by atoms with van der Waals surface area (Å²) < 4.78 is 5.21. The summed E-state index contributed by atoms with van der Waals surface area (Å²) in [5, 5.41) is 7.04. The zero-order valence-corrected chi connectivity index (χ0v) is 13.0. The summed E-state index contributed by atoms with van der Waals surface area (Å²) in [6.45, 7) is 3.51. The maximum atomic E-state index is 12.8. The lowest BCUT2D eigenvalue weighted by Crippen LogP contribution is -2.39. The van der Waals surface area contributed by atoms with E-state index in [0.29, 0.717) is 5.92 Å². The van der Waals surface area contributed by atoms with Gasteiger partial charge >= 0.3 is 0 Å². The van der Waals surface area contributed by atoms with Gasteiger partial charge in [-0.15, -0.1) is 0 Å². The van der Waals surface area contributed by atoms with Gasteiger partial charge in [-0.05, 0) is 49.6 Å². The van der Waals surface area contributed by atoms with Gasteiger partial charge < -0.3 is 9.64 Å². The number of likely N-dealkylation sites (tertiary alicyclic amines) is 1. The summed E-state index contributed by atoms with van der Waals surface area (Å²) >= 11 is 0. The minimum Gasteiger partial charge on any atom is -0.497 e. The molecule has 0 spiro atoms. The Morgan fingerprint density at radius 3 is 2.95 bits per heavy atom. The molecule has 1 aliphatic heterocycles. The lowest BCUT2D eigenvalue weighted by Gasteiger charge is -2.32. The van der Waals surface area contributed by atoms with Gasteiger partial charge in [0.05, 0.1) is 7.11 Å². The highest BCUT2D eigenvalue weighted by Gasteiger charge is 2.26. The third kappa shape index (κ3) is 2.84. The second-order valence-electron chi connectivity index (χ2n) is 5.78. The average molecular weight is 299 g/mol. The van der Waals surface area contributed by atoms with Crippen molar-refractivity contribution >= 4 is 5.91 Å². The van der Waals surface area contributed by atoms with Crippen molar-refractivity contribution in [3.63, 3.8) is 0 Å². The molecule has 2 aromatic rings. The standard InChI is InChI=1S/C17H21N3O2/c1-12-10-14(22-2)5-6-15(12)17(21)20-9-3-4-13(11-20)16-7-8-18-19-16/h5-8,10,13H,3-4,9,11H2,1-2H3,(H,18,19)/t13-/m0/s1. The van der Waals surface area contributed by atoms with Crippen molar-refractivity contribution in [2.24, 2.45) is 0 Å². The van der Waals surface area contributed by atoms with Crippen LogP contribution in [0, 0.1) is 6.92 Å². The summed E-state index contributed by atoms with van der Waals surface area (Å²) in [4.78, 5) is 14.7. The smallest absolute Gasteiger partial charge is 0.254 e. The molecular formula is C17H21N3O2. The number of H-pyrrole nitrogens is 1. The number of benzene rings is 1. The van der Waals surface area contributed by atoms with Gasteiger partial charge in [-0.3, -0.25) is 9.89 Å². The van der Waals surface area contributed by atoms with Crippen molar-refractivity contribution in [2.45, 2.75) is 25.7 Å². The highest BCUT2D eigenvalue weighted by Crippen LogP contribution is 2.27. The minimum absolute atomic E-state index is 0.101. The first-order valence-electron chi connectivity index (χ1n) is 7.62. The van der Waals surface area contributed by atoms with Gasteiger partial charge in [0.25, 0.3) is 5.91 Å². The van der Waals surface area contributed by atoms with Gasteiger partial charge in [0.2, 0.25) is 0 Å². The van der Waals surface area contributed by atoms with Crippen molar-refractivity contribution in [2.75, 3.05) is 20.2 Å². The molecule has 22 heavy (non-hydrogen) atoms. The molecule has 0 saturated carbocycles. The van der Waals surface area contributed by atoms with Gasteiger partial charge in [0.1, 0.15) is 5.75 Å². The third-order valence-electron chi connectivity index (χ3n) is 4.33. The predicted octanol–water partition coefficient (Wildman–Crippen LogP) is 2.75. The molecule has 0 unspecified atom stereocenters. The van der Waals surface area contributed by atoms with E-state index in [9.17, 15) is 4.79 Å². The van der Waals surface area contributed by atoms with E-state index in [1.807, 2.05) is 36.1 Å². The van der Waals surface area contributed by atoms with E-state index in [-0.39, 0.29) is 5.91 Å². The van der Waals surface area contributed by atoms with Gasteiger partial charge in [-0.2, -0.15) is 5.10 Å². The van der Waals surface area contributed by atoms with Crippen LogP contribution in [0.4, 0.5) is 0 Å². The quantitative estimate of drug-likeness (QED) is 0.948. The van der Waals surface area contributed by atoms with E-state index in [1.54, 1.807) is 13.3 Å². The molecule has 5 nitrogen and oxygen atoms in total. The molecule has 2 heterocycles. The SMILES string of the molecule is COc1ccc(C(=O)N2CCC[C@H](c3ccn[nH]3)C2)c(C)c1. The number of aryl methyl sites for hydroxylation is 1. The lowest BCUT2D eigenvalue weighted by atomic mass is 9.94. The first kappa shape index (κ1) is 14.6. The van der Waals surface area contributed by atoms with Crippen molar-refractivity contribution < 1.29 is 9.53 Å². The van der Waals surface area contributed by atoms with Crippen LogP contribution in [-0.4, -0.2) is 41.2 Å². The second kappa shape index (κ2) is 6.22. The van der Waals surface area contributed by atoms with Crippen molar-refractivity contribution in [3.05, 3.63) is 47.3 Å². The molecule has 0 bridgehead atoms. The van der Waals surface area contributed by atoms with E-state index in [4.69, 9.17) is 4.74 Å². The molecule has 1 aliphatic rings. The zero-order valence-electron chi connectivity index (χ0n) is 13.0. The van der Waals surface area contributed by atoms with Crippen LogP contribution in [0.2, 0.25) is 0 Å². The predicted molar refractivity (Wildman–Crippen MR) is 84.2 cm³/mol. The fourth-order valence-corrected chi connectivity index (χ4v) is 3.08. The molecule has 1 aromatic carbocycles. The van der Waals surface area contributed by atoms with Gasteiger partial charge in [-0.1, -0.05) is 0 Å². The van der Waals surface area contributed by atoms with Crippen LogP contribution >= 0.6 is 0 Å². The molecule has 5 heteroatoms. The summed E-state index contributed by atoms with van der Waals surface area (Å²) in [7, 11) is 1.63. The molecule has 1 N–H and O–H groups in total. The number of hydrogen-bond acceptors (Lipinski definition) is 3. The first-order chi connectivity index (χ1) is 10.7. The molecule has 1 fully saturated rings. The third-order valence-corrected chi connectivity index (χ3v) is 4.33. The number of methoxy groups -OCH3 is 1.